The van der Waals surface area contributed by atoms with Crippen LogP contribution in [0.3, 0.4) is 0 Å². The van der Waals surface area contributed by atoms with E-state index in [-0.39, 0.29) is 36.8 Å². The molecular weight excluding hydrogens is 361 g/mol. The van der Waals surface area contributed by atoms with E-state index in [0.717, 1.165) is 19.5 Å². The Hall–Kier alpha value is -1.82. The van der Waals surface area contributed by atoms with E-state index in [0.29, 0.717) is 23.0 Å². The standard InChI is InChI=1S/C18H21N3O2.2ClH/c1-13-5-8-20-12-17(13)21-18(22)14-3-2-4-16(11-14)23-15-6-9-19-10-7-15;;/h2-4,6-7,9-11,13,17,20H,5,8,12H2,1H3,(H,21,22);2*1H. The van der Waals surface area contributed by atoms with E-state index in [1.165, 1.54) is 0 Å². The molecule has 136 valence electrons. The monoisotopic (exact) mass is 383 g/mol. The van der Waals surface area contributed by atoms with Crippen LogP contribution in [0.25, 0.3) is 0 Å². The van der Waals surface area contributed by atoms with Gasteiger partial charge in [0.2, 0.25) is 0 Å². The van der Waals surface area contributed by atoms with Gasteiger partial charge in [0.1, 0.15) is 11.5 Å². The number of rotatable bonds is 4. The van der Waals surface area contributed by atoms with E-state index >= 15 is 0 Å². The van der Waals surface area contributed by atoms with E-state index < -0.39 is 0 Å². The van der Waals surface area contributed by atoms with Gasteiger partial charge in [-0.15, -0.1) is 24.8 Å². The number of carbonyl (C=O) groups is 1. The molecule has 2 aromatic rings. The number of benzene rings is 1. The van der Waals surface area contributed by atoms with Crippen LogP contribution in [0.4, 0.5) is 0 Å². The molecule has 25 heavy (non-hydrogen) atoms. The molecule has 2 unspecified atom stereocenters. The third-order valence-corrected chi connectivity index (χ3v) is 4.13. The quantitative estimate of drug-likeness (QED) is 0.848. The molecule has 1 fully saturated rings. The average molecular weight is 384 g/mol. The van der Waals surface area contributed by atoms with Crippen molar-refractivity contribution in [1.29, 1.82) is 0 Å². The highest BCUT2D eigenvalue weighted by Crippen LogP contribution is 2.21. The zero-order valence-corrected chi connectivity index (χ0v) is 15.6. The fourth-order valence-corrected chi connectivity index (χ4v) is 2.68. The molecule has 1 aromatic carbocycles. The highest BCUT2D eigenvalue weighted by atomic mass is 35.5. The second-order valence-electron chi connectivity index (χ2n) is 5.86. The molecule has 1 amide bonds. The first-order valence-corrected chi connectivity index (χ1v) is 7.92. The van der Waals surface area contributed by atoms with Gasteiger partial charge in [-0.25, -0.2) is 0 Å². The number of ether oxygens (including phenoxy) is 1. The van der Waals surface area contributed by atoms with Crippen LogP contribution < -0.4 is 15.4 Å². The fraction of sp³-hybridized carbons (Fsp3) is 0.333. The Morgan fingerprint density at radius 3 is 2.68 bits per heavy atom. The summed E-state index contributed by atoms with van der Waals surface area (Å²) in [5.41, 5.74) is 0.606. The van der Waals surface area contributed by atoms with Gasteiger partial charge in [-0.1, -0.05) is 13.0 Å². The zero-order chi connectivity index (χ0) is 16.1. The molecule has 0 radical (unpaired) electrons. The Kier molecular flexibility index (Phi) is 8.69. The number of amides is 1. The maximum atomic E-state index is 12.5. The van der Waals surface area contributed by atoms with Gasteiger partial charge in [0, 0.05) is 30.5 Å². The van der Waals surface area contributed by atoms with Crippen molar-refractivity contribution in [2.75, 3.05) is 13.1 Å². The van der Waals surface area contributed by atoms with Crippen LogP contribution in [0, 0.1) is 5.92 Å². The Balaban J connectivity index is 0.00000156. The number of piperidine rings is 1. The molecule has 2 N–H and O–H groups in total. The molecule has 7 heteroatoms. The minimum Gasteiger partial charge on any atom is -0.457 e. The Bertz CT molecular complexity index is 670. The largest absolute Gasteiger partial charge is 0.457 e. The van der Waals surface area contributed by atoms with Crippen LogP contribution in [-0.4, -0.2) is 30.0 Å². The fourth-order valence-electron chi connectivity index (χ4n) is 2.68. The van der Waals surface area contributed by atoms with Gasteiger partial charge in [-0.3, -0.25) is 9.78 Å². The Labute approximate surface area is 160 Å². The molecule has 2 heterocycles. The van der Waals surface area contributed by atoms with Crippen LogP contribution >= 0.6 is 24.8 Å². The van der Waals surface area contributed by atoms with Crippen molar-refractivity contribution in [2.45, 2.75) is 19.4 Å². The lowest BCUT2D eigenvalue weighted by Gasteiger charge is -2.30. The van der Waals surface area contributed by atoms with E-state index in [4.69, 9.17) is 4.74 Å². The van der Waals surface area contributed by atoms with Crippen molar-refractivity contribution in [3.8, 4) is 11.5 Å². The second-order valence-corrected chi connectivity index (χ2v) is 5.86. The number of hydrogen-bond acceptors (Lipinski definition) is 4. The van der Waals surface area contributed by atoms with Crippen LogP contribution in [0.1, 0.15) is 23.7 Å². The lowest BCUT2D eigenvalue weighted by molar-refractivity contribution is 0.0915. The first kappa shape index (κ1) is 21.2. The number of aromatic nitrogens is 1. The third kappa shape index (κ3) is 5.88. The summed E-state index contributed by atoms with van der Waals surface area (Å²) < 4.78 is 5.75. The predicted octanol–water partition coefficient (Wildman–Crippen LogP) is 3.45. The van der Waals surface area contributed by atoms with E-state index in [1.54, 1.807) is 36.7 Å². The summed E-state index contributed by atoms with van der Waals surface area (Å²) in [6.45, 7) is 4.01. The highest BCUT2D eigenvalue weighted by molar-refractivity contribution is 5.94. The van der Waals surface area contributed by atoms with Gasteiger partial charge in [-0.05, 0) is 49.2 Å². The van der Waals surface area contributed by atoms with Gasteiger partial charge in [-0.2, -0.15) is 0 Å². The third-order valence-electron chi connectivity index (χ3n) is 4.13. The molecule has 3 rings (SSSR count). The number of pyridine rings is 1. The minimum absolute atomic E-state index is 0. The first-order valence-electron chi connectivity index (χ1n) is 7.92. The summed E-state index contributed by atoms with van der Waals surface area (Å²) in [7, 11) is 0. The van der Waals surface area contributed by atoms with Crippen molar-refractivity contribution >= 4 is 30.7 Å². The second kappa shape index (κ2) is 10.2. The van der Waals surface area contributed by atoms with Crippen LogP contribution in [0.2, 0.25) is 0 Å². The summed E-state index contributed by atoms with van der Waals surface area (Å²) in [6, 6.07) is 11.0. The number of carbonyl (C=O) groups excluding carboxylic acids is 1. The molecular formula is C18H23Cl2N3O2. The van der Waals surface area contributed by atoms with Gasteiger partial charge in [0.05, 0.1) is 0 Å². The molecule has 2 atom stereocenters. The van der Waals surface area contributed by atoms with Crippen molar-refractivity contribution in [1.82, 2.24) is 15.6 Å². The van der Waals surface area contributed by atoms with Crippen LogP contribution in [0.15, 0.2) is 48.8 Å². The number of nitrogens with zero attached hydrogens (tertiary/aromatic N) is 1. The SMILES string of the molecule is CC1CCNCC1NC(=O)c1cccc(Oc2ccncc2)c1.Cl.Cl. The summed E-state index contributed by atoms with van der Waals surface area (Å²) in [5, 5.41) is 6.43. The van der Waals surface area contributed by atoms with Gasteiger partial charge < -0.3 is 15.4 Å². The molecule has 1 saturated heterocycles. The number of halogens is 2. The molecule has 0 bridgehead atoms. The number of hydrogen-bond donors (Lipinski definition) is 2. The molecule has 0 aliphatic carbocycles. The summed E-state index contributed by atoms with van der Waals surface area (Å²) >= 11 is 0. The van der Waals surface area contributed by atoms with Crippen LogP contribution in [0.5, 0.6) is 11.5 Å². The normalized spacial score (nSPS) is 19.1. The van der Waals surface area contributed by atoms with Gasteiger partial charge in [0.25, 0.3) is 5.91 Å². The molecule has 0 spiro atoms. The smallest absolute Gasteiger partial charge is 0.251 e. The van der Waals surface area contributed by atoms with Crippen molar-refractivity contribution in [3.05, 3.63) is 54.4 Å². The van der Waals surface area contributed by atoms with E-state index in [2.05, 4.69) is 22.5 Å². The topological polar surface area (TPSA) is 63.2 Å². The van der Waals surface area contributed by atoms with Gasteiger partial charge in [0.15, 0.2) is 0 Å². The molecule has 5 nitrogen and oxygen atoms in total. The summed E-state index contributed by atoms with van der Waals surface area (Å²) in [6.07, 6.45) is 4.42. The molecule has 1 aliphatic rings. The van der Waals surface area contributed by atoms with Crippen molar-refractivity contribution in [2.24, 2.45) is 5.92 Å². The Morgan fingerprint density at radius 1 is 1.20 bits per heavy atom. The lowest BCUT2D eigenvalue weighted by atomic mass is 9.94. The summed E-state index contributed by atoms with van der Waals surface area (Å²) in [4.78, 5) is 16.4. The average Bonchev–Trinajstić information content (AvgIpc) is 2.58. The maximum Gasteiger partial charge on any atom is 0.251 e. The van der Waals surface area contributed by atoms with Crippen molar-refractivity contribution < 1.29 is 9.53 Å². The zero-order valence-electron chi connectivity index (χ0n) is 14.0. The Morgan fingerprint density at radius 2 is 1.96 bits per heavy atom. The molecule has 1 aromatic heterocycles. The first-order chi connectivity index (χ1) is 11.2. The lowest BCUT2D eigenvalue weighted by Crippen LogP contribution is -2.50. The van der Waals surface area contributed by atoms with Crippen LogP contribution in [-0.2, 0) is 0 Å². The predicted molar refractivity (Wildman–Crippen MR) is 103 cm³/mol. The summed E-state index contributed by atoms with van der Waals surface area (Å²) in [5.74, 6) is 1.75. The molecule has 0 saturated carbocycles. The maximum absolute atomic E-state index is 12.5. The van der Waals surface area contributed by atoms with Crippen molar-refractivity contribution in [3.63, 3.8) is 0 Å². The molecule has 1 aliphatic heterocycles. The number of nitrogens with one attached hydrogen (secondary N) is 2. The highest BCUT2D eigenvalue weighted by Gasteiger charge is 2.23. The van der Waals surface area contributed by atoms with Gasteiger partial charge >= 0.3 is 0 Å². The van der Waals surface area contributed by atoms with E-state index in [9.17, 15) is 4.79 Å². The minimum atomic E-state index is -0.0641. The van der Waals surface area contributed by atoms with E-state index in [1.807, 2.05) is 12.1 Å².